The van der Waals surface area contributed by atoms with Gasteiger partial charge in [0.05, 0.1) is 18.1 Å². The number of ether oxygens (including phenoxy) is 1. The molecule has 0 bridgehead atoms. The summed E-state index contributed by atoms with van der Waals surface area (Å²) in [4.78, 5) is 18.0. The second kappa shape index (κ2) is 7.94. The van der Waals surface area contributed by atoms with Crippen LogP contribution in [0.5, 0.6) is 0 Å². The molecule has 30 heavy (non-hydrogen) atoms. The van der Waals surface area contributed by atoms with Crippen LogP contribution in [0.4, 0.5) is 4.79 Å². The Hall–Kier alpha value is -2.55. The van der Waals surface area contributed by atoms with E-state index in [1.807, 2.05) is 31.9 Å². The predicted octanol–water partition coefficient (Wildman–Crippen LogP) is 5.07. The molecule has 2 fully saturated rings. The number of fused-ring (bicyclic) bond motifs is 1. The highest BCUT2D eigenvalue weighted by atomic mass is 16.6. The Labute approximate surface area is 179 Å². The van der Waals surface area contributed by atoms with E-state index in [2.05, 4.69) is 32.8 Å². The van der Waals surface area contributed by atoms with Gasteiger partial charge >= 0.3 is 6.09 Å². The monoisotopic (exact) mass is 408 g/mol. The summed E-state index contributed by atoms with van der Waals surface area (Å²) in [6.45, 7) is 15.6. The summed E-state index contributed by atoms with van der Waals surface area (Å²) < 4.78 is 7.59. The Morgan fingerprint density at radius 1 is 1.30 bits per heavy atom. The maximum Gasteiger partial charge on any atom is 0.410 e. The van der Waals surface area contributed by atoms with Gasteiger partial charge in [-0.05, 0) is 63.6 Å². The molecule has 2 aliphatic rings. The molecular formula is C24H32N4O2. The third-order valence-corrected chi connectivity index (χ3v) is 6.46. The summed E-state index contributed by atoms with van der Waals surface area (Å²) in [7, 11) is 0. The molecule has 0 unspecified atom stereocenters. The Balaban J connectivity index is 1.36. The normalized spacial score (nSPS) is 19.3. The first-order valence-electron chi connectivity index (χ1n) is 11.1. The molecule has 1 saturated heterocycles. The van der Waals surface area contributed by atoms with Gasteiger partial charge in [0.25, 0.3) is 0 Å². The van der Waals surface area contributed by atoms with E-state index in [0.717, 1.165) is 62.6 Å². The van der Waals surface area contributed by atoms with E-state index >= 15 is 0 Å². The number of hydrogen-bond acceptors (Lipinski definition) is 3. The Morgan fingerprint density at radius 2 is 2.03 bits per heavy atom. The van der Waals surface area contributed by atoms with Crippen molar-refractivity contribution in [2.45, 2.75) is 77.0 Å². The molecule has 1 aromatic heterocycles. The fourth-order valence-electron chi connectivity index (χ4n) is 4.55. The standard InChI is InChI=1S/C24H32N4O2/c1-23(2,3)30-22(29)27-12-8-18(9-13-27)17-28-21-7-6-19(14-20(21)16-26-28)15-24(25-4)10-5-11-24/h6-7,14,16,18H,5,8-13,15,17H2,1-3H3. The maximum absolute atomic E-state index is 12.3. The predicted molar refractivity (Wildman–Crippen MR) is 117 cm³/mol. The van der Waals surface area contributed by atoms with Gasteiger partial charge in [0, 0.05) is 37.9 Å². The van der Waals surface area contributed by atoms with Crippen LogP contribution in [0.15, 0.2) is 24.4 Å². The molecule has 1 aliphatic heterocycles. The Kier molecular flexibility index (Phi) is 5.48. The fraction of sp³-hybridized carbons (Fsp3) is 0.625. The molecule has 2 heterocycles. The third-order valence-electron chi connectivity index (χ3n) is 6.46. The first-order chi connectivity index (χ1) is 14.3. The van der Waals surface area contributed by atoms with Crippen LogP contribution in [-0.4, -0.2) is 45.0 Å². The van der Waals surface area contributed by atoms with Crippen molar-refractivity contribution in [2.24, 2.45) is 5.92 Å². The number of benzene rings is 1. The zero-order valence-electron chi connectivity index (χ0n) is 18.4. The lowest BCUT2D eigenvalue weighted by molar-refractivity contribution is 0.0177. The van der Waals surface area contributed by atoms with Crippen molar-refractivity contribution >= 4 is 17.0 Å². The molecule has 0 radical (unpaired) electrons. The summed E-state index contributed by atoms with van der Waals surface area (Å²) in [6, 6.07) is 6.52. The lowest BCUT2D eigenvalue weighted by Gasteiger charge is -2.33. The molecule has 1 aliphatic carbocycles. The molecule has 4 rings (SSSR count). The highest BCUT2D eigenvalue weighted by Crippen LogP contribution is 2.39. The fourth-order valence-corrected chi connectivity index (χ4v) is 4.55. The van der Waals surface area contributed by atoms with Crippen molar-refractivity contribution in [3.05, 3.63) is 41.4 Å². The van der Waals surface area contributed by atoms with E-state index in [9.17, 15) is 4.79 Å². The van der Waals surface area contributed by atoms with Crippen molar-refractivity contribution in [3.8, 4) is 0 Å². The molecule has 2 aromatic rings. The number of aromatic nitrogens is 2. The first-order valence-corrected chi connectivity index (χ1v) is 11.1. The summed E-state index contributed by atoms with van der Waals surface area (Å²) >= 11 is 0. The summed E-state index contributed by atoms with van der Waals surface area (Å²) in [6.07, 6.45) is 7.74. The van der Waals surface area contributed by atoms with Crippen molar-refractivity contribution in [1.29, 1.82) is 0 Å². The minimum Gasteiger partial charge on any atom is -0.444 e. The molecule has 6 heteroatoms. The van der Waals surface area contributed by atoms with Gasteiger partial charge in [-0.3, -0.25) is 4.68 Å². The van der Waals surface area contributed by atoms with E-state index in [0.29, 0.717) is 5.92 Å². The van der Waals surface area contributed by atoms with Crippen LogP contribution in [0.1, 0.15) is 58.4 Å². The molecule has 0 atom stereocenters. The number of carbonyl (C=O) groups excluding carboxylic acids is 1. The van der Waals surface area contributed by atoms with Gasteiger partial charge in [0.15, 0.2) is 0 Å². The number of piperidine rings is 1. The lowest BCUT2D eigenvalue weighted by atomic mass is 9.73. The maximum atomic E-state index is 12.3. The largest absolute Gasteiger partial charge is 0.444 e. The van der Waals surface area contributed by atoms with Gasteiger partial charge in [0.2, 0.25) is 5.54 Å². The highest BCUT2D eigenvalue weighted by molar-refractivity contribution is 5.79. The van der Waals surface area contributed by atoms with Gasteiger partial charge in [-0.2, -0.15) is 5.10 Å². The number of likely N-dealkylation sites (tertiary alicyclic amines) is 1. The van der Waals surface area contributed by atoms with Gasteiger partial charge in [-0.15, -0.1) is 0 Å². The van der Waals surface area contributed by atoms with E-state index in [1.54, 1.807) is 0 Å². The highest BCUT2D eigenvalue weighted by Gasteiger charge is 2.43. The van der Waals surface area contributed by atoms with Crippen LogP contribution in [0.2, 0.25) is 0 Å². The van der Waals surface area contributed by atoms with Crippen LogP contribution >= 0.6 is 0 Å². The topological polar surface area (TPSA) is 51.7 Å². The summed E-state index contributed by atoms with van der Waals surface area (Å²) in [5.74, 6) is 0.506. The van der Waals surface area contributed by atoms with E-state index in [1.165, 1.54) is 12.0 Å². The van der Waals surface area contributed by atoms with Gasteiger partial charge in [0.1, 0.15) is 5.60 Å². The Bertz CT molecular complexity index is 954. The van der Waals surface area contributed by atoms with Crippen LogP contribution in [0.25, 0.3) is 15.7 Å². The molecular weight excluding hydrogens is 376 g/mol. The van der Waals surface area contributed by atoms with Crippen molar-refractivity contribution < 1.29 is 9.53 Å². The van der Waals surface area contributed by atoms with Crippen LogP contribution in [0, 0.1) is 12.5 Å². The minimum atomic E-state index is -0.451. The Morgan fingerprint density at radius 3 is 2.63 bits per heavy atom. The van der Waals surface area contributed by atoms with E-state index in [4.69, 9.17) is 11.3 Å². The van der Waals surface area contributed by atoms with E-state index in [-0.39, 0.29) is 11.6 Å². The van der Waals surface area contributed by atoms with Crippen molar-refractivity contribution in [3.63, 3.8) is 0 Å². The van der Waals surface area contributed by atoms with Crippen LogP contribution in [-0.2, 0) is 17.7 Å². The summed E-state index contributed by atoms with van der Waals surface area (Å²) in [5, 5.41) is 5.79. The van der Waals surface area contributed by atoms with Gasteiger partial charge in [-0.1, -0.05) is 6.07 Å². The van der Waals surface area contributed by atoms with Crippen molar-refractivity contribution in [1.82, 2.24) is 14.7 Å². The molecule has 160 valence electrons. The van der Waals surface area contributed by atoms with Crippen molar-refractivity contribution in [2.75, 3.05) is 13.1 Å². The lowest BCUT2D eigenvalue weighted by Crippen LogP contribution is -2.42. The molecule has 6 nitrogen and oxygen atoms in total. The number of amides is 1. The zero-order chi connectivity index (χ0) is 21.4. The average molecular weight is 409 g/mol. The number of rotatable bonds is 4. The van der Waals surface area contributed by atoms with Gasteiger partial charge < -0.3 is 14.5 Å². The van der Waals surface area contributed by atoms with E-state index < -0.39 is 5.60 Å². The molecule has 0 spiro atoms. The van der Waals surface area contributed by atoms with Crippen LogP contribution in [0.3, 0.4) is 0 Å². The second-order valence-corrected chi connectivity index (χ2v) is 10.00. The first kappa shape index (κ1) is 20.7. The summed E-state index contributed by atoms with van der Waals surface area (Å²) in [5.41, 5.74) is 1.78. The molecule has 1 amide bonds. The smallest absolute Gasteiger partial charge is 0.410 e. The minimum absolute atomic E-state index is 0.161. The zero-order valence-corrected chi connectivity index (χ0v) is 18.4. The molecule has 1 aromatic carbocycles. The second-order valence-electron chi connectivity index (χ2n) is 10.00. The van der Waals surface area contributed by atoms with Crippen LogP contribution < -0.4 is 0 Å². The average Bonchev–Trinajstić information content (AvgIpc) is 3.06. The molecule has 1 saturated carbocycles. The quantitative estimate of drug-likeness (QED) is 0.664. The number of hydrogen-bond donors (Lipinski definition) is 0. The third kappa shape index (κ3) is 4.45. The SMILES string of the molecule is [C-]#[N+]C1(Cc2ccc3c(cnn3CC3CCN(C(=O)OC(C)(C)C)CC3)c2)CCC1. The number of carbonyl (C=O) groups is 1. The molecule has 0 N–H and O–H groups in total. The van der Waals surface area contributed by atoms with Gasteiger partial charge in [-0.25, -0.2) is 11.4 Å². The number of nitrogens with zero attached hydrogens (tertiary/aromatic N) is 4.